The highest BCUT2D eigenvalue weighted by atomic mass is 32.2. The van der Waals surface area contributed by atoms with E-state index in [9.17, 15) is 0 Å². The van der Waals surface area contributed by atoms with Crippen molar-refractivity contribution in [1.29, 1.82) is 0 Å². The van der Waals surface area contributed by atoms with Gasteiger partial charge in [-0.2, -0.15) is 0 Å². The van der Waals surface area contributed by atoms with Gasteiger partial charge in [-0.15, -0.1) is 11.4 Å². The highest BCUT2D eigenvalue weighted by molar-refractivity contribution is 7.72. The van der Waals surface area contributed by atoms with Crippen molar-refractivity contribution in [3.8, 4) is 0 Å². The molecule has 5 nitrogen and oxygen atoms in total. The zero-order valence-electron chi connectivity index (χ0n) is 2.66. The SMILES string of the molecule is NO.O=S([O-])[O-]. The number of hydrogen-bond donors (Lipinski definition) is 2. The number of hydrogen-bond acceptors (Lipinski definition) is 5. The minimum Gasteiger partial charge on any atom is -0.784 e. The Kier molecular flexibility index (Phi) is 13.9. The maximum Gasteiger partial charge on any atom is -0.142 e. The van der Waals surface area contributed by atoms with Gasteiger partial charge in [-0.3, -0.25) is 4.21 Å². The fourth-order valence-corrected chi connectivity index (χ4v) is 0. The van der Waals surface area contributed by atoms with Crippen LogP contribution in [0.3, 0.4) is 0 Å². The fraction of sp³-hybridized carbons (Fsp3) is 0. The molecule has 40 valence electrons. The lowest BCUT2D eigenvalue weighted by Crippen LogP contribution is -1.76. The largest absolute Gasteiger partial charge is 0.784 e. The summed E-state index contributed by atoms with van der Waals surface area (Å²) >= 11 is -3.11. The number of nitrogens with two attached hydrogens (primary N) is 1. The molecule has 0 rings (SSSR count). The molecule has 0 aliphatic rings. The van der Waals surface area contributed by atoms with Gasteiger partial charge in [0.1, 0.15) is 0 Å². The lowest BCUT2D eigenvalue weighted by atomic mass is 13.6. The first-order chi connectivity index (χ1) is 2.73. The van der Waals surface area contributed by atoms with E-state index in [1.165, 1.54) is 0 Å². The minimum absolute atomic E-state index is 3.11. The molecule has 0 aliphatic carbocycles. The Morgan fingerprint density at radius 3 is 1.50 bits per heavy atom. The lowest BCUT2D eigenvalue weighted by Gasteiger charge is -2.03. The van der Waals surface area contributed by atoms with Crippen LogP contribution in [-0.2, 0) is 11.4 Å². The van der Waals surface area contributed by atoms with Crippen LogP contribution in [0.1, 0.15) is 0 Å². The van der Waals surface area contributed by atoms with Crippen LogP contribution in [0.25, 0.3) is 0 Å². The van der Waals surface area contributed by atoms with Crippen molar-refractivity contribution < 1.29 is 18.5 Å². The third kappa shape index (κ3) is 357000. The van der Waals surface area contributed by atoms with Gasteiger partial charge in [-0.25, -0.2) is 5.90 Å². The first-order valence-electron chi connectivity index (χ1n) is 0.758. The van der Waals surface area contributed by atoms with E-state index in [-0.39, 0.29) is 0 Å². The topological polar surface area (TPSA) is 109 Å². The monoisotopic (exact) mass is 113 g/mol. The molecule has 3 N–H and O–H groups in total. The smallest absolute Gasteiger partial charge is 0.142 e. The Hall–Kier alpha value is -0.0100. The molecule has 0 unspecified atom stereocenters. The summed E-state index contributed by atoms with van der Waals surface area (Å²) in [5.74, 6) is 3.50. The summed E-state index contributed by atoms with van der Waals surface area (Å²) in [6.07, 6.45) is 0. The van der Waals surface area contributed by atoms with E-state index in [0.717, 1.165) is 0 Å². The quantitative estimate of drug-likeness (QED) is 0.288. The normalized spacial score (nSPS) is 6.83. The Morgan fingerprint density at radius 2 is 1.50 bits per heavy atom. The van der Waals surface area contributed by atoms with Gasteiger partial charge in [0.2, 0.25) is 0 Å². The second-order valence-electron chi connectivity index (χ2n) is 0.204. The molecule has 0 aliphatic heterocycles. The van der Waals surface area contributed by atoms with Gasteiger partial charge in [0.05, 0.1) is 0 Å². The Balaban J connectivity index is 0. The molecule has 0 atom stereocenters. The van der Waals surface area contributed by atoms with Crippen LogP contribution >= 0.6 is 0 Å². The van der Waals surface area contributed by atoms with Crippen molar-refractivity contribution in [2.24, 2.45) is 5.90 Å². The molecule has 0 bridgehead atoms. The summed E-state index contributed by atoms with van der Waals surface area (Å²) in [6, 6.07) is 0. The van der Waals surface area contributed by atoms with Crippen molar-refractivity contribution in [1.82, 2.24) is 0 Å². The van der Waals surface area contributed by atoms with Gasteiger partial charge in [0.15, 0.2) is 0 Å². The first-order valence-corrected chi connectivity index (χ1v) is 1.76. The molecule has 6 heteroatoms. The van der Waals surface area contributed by atoms with Crippen LogP contribution in [0.15, 0.2) is 0 Å². The molecular weight excluding hydrogens is 110 g/mol. The van der Waals surface area contributed by atoms with Crippen molar-refractivity contribution in [3.63, 3.8) is 0 Å². The molecule has 0 aromatic rings. The van der Waals surface area contributed by atoms with Gasteiger partial charge in [0, 0.05) is 0 Å². The minimum atomic E-state index is -3.11. The zero-order chi connectivity index (χ0) is 5.58. The summed E-state index contributed by atoms with van der Waals surface area (Å²) in [5, 5.41) is 6.50. The highest BCUT2D eigenvalue weighted by Crippen LogP contribution is 1.42. The molecule has 6 heavy (non-hydrogen) atoms. The molecule has 0 fully saturated rings. The van der Waals surface area contributed by atoms with E-state index in [1.54, 1.807) is 0 Å². The van der Waals surface area contributed by atoms with E-state index < -0.39 is 11.4 Å². The van der Waals surface area contributed by atoms with Gasteiger partial charge in [-0.05, 0) is 0 Å². The molecule has 0 aromatic heterocycles. The predicted molar refractivity (Wildman–Crippen MR) is 15.7 cm³/mol. The van der Waals surface area contributed by atoms with Gasteiger partial charge >= 0.3 is 0 Å². The highest BCUT2D eigenvalue weighted by Gasteiger charge is 1.20. The number of rotatable bonds is 0. The van der Waals surface area contributed by atoms with E-state index in [4.69, 9.17) is 18.5 Å². The van der Waals surface area contributed by atoms with Crippen molar-refractivity contribution in [2.75, 3.05) is 0 Å². The molecule has 0 heterocycles. The standard InChI is InChI=1S/H3NO.H2O3S/c1-2;1-4(2)3/h2H,1H2;(H2,1,2,3)/p-2. The van der Waals surface area contributed by atoms with Crippen molar-refractivity contribution >= 4 is 11.4 Å². The van der Waals surface area contributed by atoms with E-state index >= 15 is 0 Å². The average Bonchev–Trinajstić information content (AvgIpc) is 1.41. The van der Waals surface area contributed by atoms with Crippen LogP contribution in [0.4, 0.5) is 0 Å². The van der Waals surface area contributed by atoms with E-state index in [1.807, 2.05) is 0 Å². The van der Waals surface area contributed by atoms with Crippen molar-refractivity contribution in [3.05, 3.63) is 0 Å². The second-order valence-corrected chi connectivity index (χ2v) is 0.612. The van der Waals surface area contributed by atoms with E-state index in [2.05, 4.69) is 5.90 Å². The molecule has 0 radical (unpaired) electrons. The third-order valence-electron chi connectivity index (χ3n) is 0. The fourth-order valence-electron chi connectivity index (χ4n) is 0. The molecule has 0 spiro atoms. The Bertz CT molecular complexity index is 30.5. The summed E-state index contributed by atoms with van der Waals surface area (Å²) in [7, 11) is 0. The van der Waals surface area contributed by atoms with Crippen molar-refractivity contribution in [2.45, 2.75) is 0 Å². The zero-order valence-corrected chi connectivity index (χ0v) is 3.47. The second kappa shape index (κ2) is 8.89. The Labute approximate surface area is 36.8 Å². The molecule has 0 saturated heterocycles. The van der Waals surface area contributed by atoms with Gasteiger partial charge < -0.3 is 14.3 Å². The molecular formula is H3NO4S-2. The first kappa shape index (κ1) is 9.37. The lowest BCUT2D eigenvalue weighted by molar-refractivity contribution is 0.311. The predicted octanol–water partition coefficient (Wildman–Crippen LogP) is -1.67. The molecule has 0 amide bonds. The maximum absolute atomic E-state index is 8.44. The third-order valence-corrected chi connectivity index (χ3v) is 0. The average molecular weight is 113 g/mol. The van der Waals surface area contributed by atoms with Gasteiger partial charge in [-0.1, -0.05) is 0 Å². The summed E-state index contributed by atoms with van der Waals surface area (Å²) < 4.78 is 25.3. The van der Waals surface area contributed by atoms with Crippen LogP contribution in [0, 0.1) is 0 Å². The summed E-state index contributed by atoms with van der Waals surface area (Å²) in [6.45, 7) is 0. The summed E-state index contributed by atoms with van der Waals surface area (Å²) in [5.41, 5.74) is 0. The maximum atomic E-state index is 8.44. The van der Waals surface area contributed by atoms with Crippen LogP contribution < -0.4 is 5.90 Å². The molecule has 0 aromatic carbocycles. The van der Waals surface area contributed by atoms with E-state index in [0.29, 0.717) is 0 Å². The molecule has 0 saturated carbocycles. The summed E-state index contributed by atoms with van der Waals surface area (Å²) in [4.78, 5) is 0. The Morgan fingerprint density at radius 1 is 1.50 bits per heavy atom. The van der Waals surface area contributed by atoms with Crippen LogP contribution in [0.5, 0.6) is 0 Å². The van der Waals surface area contributed by atoms with Crippen LogP contribution in [-0.4, -0.2) is 18.5 Å². The van der Waals surface area contributed by atoms with Crippen LogP contribution in [0.2, 0.25) is 0 Å². The van der Waals surface area contributed by atoms with Gasteiger partial charge in [0.25, 0.3) is 0 Å².